The zero-order valence-electron chi connectivity index (χ0n) is 8.18. The number of aromatic nitrogens is 2. The monoisotopic (exact) mass is 235 g/mol. The van der Waals surface area contributed by atoms with E-state index in [4.69, 9.17) is 5.73 Å². The number of hydrogen-bond acceptors (Lipinski definition) is 4. The molecular weight excluding hydrogens is 226 g/mol. The van der Waals surface area contributed by atoms with E-state index in [0.29, 0.717) is 0 Å². The minimum absolute atomic E-state index is 0.697. The fourth-order valence-electron chi connectivity index (χ4n) is 1.18. The molecule has 0 bridgehead atoms. The maximum atomic E-state index is 10.4. The van der Waals surface area contributed by atoms with Crippen molar-refractivity contribution in [2.75, 3.05) is 0 Å². The van der Waals surface area contributed by atoms with Crippen LogP contribution in [0.5, 0.6) is 0 Å². The zero-order valence-corrected chi connectivity index (χ0v) is 8.99. The van der Waals surface area contributed by atoms with E-state index in [-0.39, 0.29) is 0 Å². The highest BCUT2D eigenvalue weighted by molar-refractivity contribution is 7.13. The number of nitrogens with one attached hydrogen (secondary N) is 2. The number of aromatic amines is 1. The van der Waals surface area contributed by atoms with E-state index in [1.54, 1.807) is 17.5 Å². The van der Waals surface area contributed by atoms with Gasteiger partial charge in [0.25, 0.3) is 0 Å². The molecule has 4 N–H and O–H groups in total. The van der Waals surface area contributed by atoms with Crippen molar-refractivity contribution in [3.8, 4) is 10.6 Å². The molecule has 0 aromatic carbocycles. The molecule has 2 amide bonds. The molecule has 7 heteroatoms. The molecule has 0 aliphatic carbocycles. The van der Waals surface area contributed by atoms with Crippen LogP contribution in [-0.2, 0) is 0 Å². The van der Waals surface area contributed by atoms with Gasteiger partial charge < -0.3 is 5.73 Å². The summed E-state index contributed by atoms with van der Waals surface area (Å²) in [5.41, 5.74) is 8.66. The Kier molecular flexibility index (Phi) is 2.97. The fourth-order valence-corrected chi connectivity index (χ4v) is 1.92. The number of thiophene rings is 1. The summed E-state index contributed by atoms with van der Waals surface area (Å²) in [6, 6.07) is 3.22. The minimum Gasteiger partial charge on any atom is -0.350 e. The number of rotatable bonds is 3. The normalized spacial score (nSPS) is 10.8. The van der Waals surface area contributed by atoms with Crippen LogP contribution in [0.4, 0.5) is 4.79 Å². The molecular formula is C9H9N5OS. The Morgan fingerprint density at radius 3 is 3.25 bits per heavy atom. The van der Waals surface area contributed by atoms with E-state index in [2.05, 4.69) is 20.7 Å². The number of nitrogens with two attached hydrogens (primary N) is 1. The first-order valence-electron chi connectivity index (χ1n) is 4.43. The summed E-state index contributed by atoms with van der Waals surface area (Å²) < 4.78 is 0. The van der Waals surface area contributed by atoms with Gasteiger partial charge in [-0.2, -0.15) is 10.2 Å². The van der Waals surface area contributed by atoms with Gasteiger partial charge in [-0.3, -0.25) is 5.10 Å². The average molecular weight is 235 g/mol. The summed E-state index contributed by atoms with van der Waals surface area (Å²) >= 11 is 1.59. The number of urea groups is 1. The molecule has 82 valence electrons. The first-order valence-corrected chi connectivity index (χ1v) is 5.31. The van der Waals surface area contributed by atoms with Crippen molar-refractivity contribution in [2.24, 2.45) is 10.8 Å². The molecule has 0 aliphatic heterocycles. The maximum absolute atomic E-state index is 10.4. The first kappa shape index (κ1) is 10.4. The van der Waals surface area contributed by atoms with E-state index >= 15 is 0 Å². The van der Waals surface area contributed by atoms with Gasteiger partial charge in [0.05, 0.1) is 23.0 Å². The summed E-state index contributed by atoms with van der Waals surface area (Å²) in [4.78, 5) is 11.5. The van der Waals surface area contributed by atoms with E-state index < -0.39 is 6.03 Å². The van der Waals surface area contributed by atoms with Gasteiger partial charge in [0.15, 0.2) is 0 Å². The second kappa shape index (κ2) is 4.58. The summed E-state index contributed by atoms with van der Waals surface area (Å²) in [7, 11) is 0. The number of amides is 2. The number of hydrazone groups is 1. The Labute approximate surface area is 95.2 Å². The lowest BCUT2D eigenvalue weighted by Crippen LogP contribution is -2.24. The molecule has 2 heterocycles. The van der Waals surface area contributed by atoms with Crippen molar-refractivity contribution < 1.29 is 4.79 Å². The molecule has 0 atom stereocenters. The third-order valence-electron chi connectivity index (χ3n) is 1.81. The van der Waals surface area contributed by atoms with Gasteiger partial charge in [-0.25, -0.2) is 10.2 Å². The first-order chi connectivity index (χ1) is 7.77. The predicted octanol–water partition coefficient (Wildman–Crippen LogP) is 1.14. The molecule has 0 saturated heterocycles. The number of carbonyl (C=O) groups excluding carboxylic acids is 1. The Morgan fingerprint density at radius 1 is 1.69 bits per heavy atom. The molecule has 2 aromatic rings. The van der Waals surface area contributed by atoms with Crippen LogP contribution in [0.2, 0.25) is 0 Å². The smallest absolute Gasteiger partial charge is 0.332 e. The summed E-state index contributed by atoms with van der Waals surface area (Å²) in [5.74, 6) is 0. The molecule has 0 spiro atoms. The maximum Gasteiger partial charge on any atom is 0.332 e. The van der Waals surface area contributed by atoms with Crippen molar-refractivity contribution in [1.82, 2.24) is 15.6 Å². The van der Waals surface area contributed by atoms with Crippen molar-refractivity contribution in [2.45, 2.75) is 0 Å². The highest BCUT2D eigenvalue weighted by atomic mass is 32.1. The molecule has 0 unspecified atom stereocenters. The van der Waals surface area contributed by atoms with Crippen LogP contribution >= 0.6 is 11.3 Å². The van der Waals surface area contributed by atoms with E-state index in [0.717, 1.165) is 16.1 Å². The summed E-state index contributed by atoms with van der Waals surface area (Å²) in [6.07, 6.45) is 3.12. The van der Waals surface area contributed by atoms with Crippen LogP contribution in [0.1, 0.15) is 5.56 Å². The second-order valence-electron chi connectivity index (χ2n) is 2.91. The second-order valence-corrected chi connectivity index (χ2v) is 3.86. The van der Waals surface area contributed by atoms with Crippen LogP contribution in [-0.4, -0.2) is 22.4 Å². The van der Waals surface area contributed by atoms with E-state index in [9.17, 15) is 4.79 Å². The molecule has 2 aromatic heterocycles. The number of hydrogen-bond donors (Lipinski definition) is 3. The lowest BCUT2D eigenvalue weighted by molar-refractivity contribution is 0.249. The average Bonchev–Trinajstić information content (AvgIpc) is 2.84. The minimum atomic E-state index is -0.697. The Balaban J connectivity index is 2.20. The predicted molar refractivity (Wildman–Crippen MR) is 62.2 cm³/mol. The van der Waals surface area contributed by atoms with Gasteiger partial charge >= 0.3 is 6.03 Å². The van der Waals surface area contributed by atoms with Gasteiger partial charge in [0, 0.05) is 5.56 Å². The highest BCUT2D eigenvalue weighted by Crippen LogP contribution is 2.24. The molecule has 6 nitrogen and oxygen atoms in total. The third-order valence-corrected chi connectivity index (χ3v) is 2.70. The van der Waals surface area contributed by atoms with Gasteiger partial charge in [0.2, 0.25) is 0 Å². The van der Waals surface area contributed by atoms with Crippen LogP contribution in [0.15, 0.2) is 28.8 Å². The summed E-state index contributed by atoms with van der Waals surface area (Å²) in [5, 5.41) is 12.4. The van der Waals surface area contributed by atoms with Gasteiger partial charge in [0.1, 0.15) is 0 Å². The summed E-state index contributed by atoms with van der Waals surface area (Å²) in [6.45, 7) is 0. The van der Waals surface area contributed by atoms with Crippen molar-refractivity contribution in [3.63, 3.8) is 0 Å². The zero-order chi connectivity index (χ0) is 11.4. The highest BCUT2D eigenvalue weighted by Gasteiger charge is 2.06. The van der Waals surface area contributed by atoms with Crippen molar-refractivity contribution in [3.05, 3.63) is 29.3 Å². The van der Waals surface area contributed by atoms with Crippen molar-refractivity contribution in [1.29, 1.82) is 0 Å². The SMILES string of the molecule is NC(=O)N/N=C/c1cn[nH]c1-c1cccs1. The Hall–Kier alpha value is -2.15. The number of nitrogens with zero attached hydrogens (tertiary/aromatic N) is 2. The Morgan fingerprint density at radius 2 is 2.56 bits per heavy atom. The fraction of sp³-hybridized carbons (Fsp3) is 0. The molecule has 16 heavy (non-hydrogen) atoms. The number of primary amides is 1. The van der Waals surface area contributed by atoms with Crippen LogP contribution < -0.4 is 11.2 Å². The Bertz CT molecular complexity index is 502. The molecule has 2 rings (SSSR count). The van der Waals surface area contributed by atoms with E-state index in [1.165, 1.54) is 6.21 Å². The lowest BCUT2D eigenvalue weighted by Gasteiger charge is -1.94. The topological polar surface area (TPSA) is 96.2 Å². The van der Waals surface area contributed by atoms with Crippen molar-refractivity contribution >= 4 is 23.6 Å². The van der Waals surface area contributed by atoms with Gasteiger partial charge in [-0.05, 0) is 11.4 Å². The number of H-pyrrole nitrogens is 1. The number of carbonyl (C=O) groups is 1. The van der Waals surface area contributed by atoms with E-state index in [1.807, 2.05) is 17.5 Å². The largest absolute Gasteiger partial charge is 0.350 e. The van der Waals surface area contributed by atoms with Gasteiger partial charge in [-0.15, -0.1) is 11.3 Å². The lowest BCUT2D eigenvalue weighted by atomic mass is 10.2. The van der Waals surface area contributed by atoms with Crippen LogP contribution in [0.3, 0.4) is 0 Å². The van der Waals surface area contributed by atoms with Gasteiger partial charge in [-0.1, -0.05) is 6.07 Å². The standard InChI is InChI=1S/C9H9N5OS/c10-9(15)14-12-5-6-4-11-13-8(6)7-2-1-3-16-7/h1-5H,(H,11,13)(H3,10,14,15)/b12-5+. The molecule has 0 fully saturated rings. The van der Waals surface area contributed by atoms with Crippen LogP contribution in [0, 0.1) is 0 Å². The van der Waals surface area contributed by atoms with Crippen LogP contribution in [0.25, 0.3) is 10.6 Å². The quantitative estimate of drug-likeness (QED) is 0.549. The molecule has 0 radical (unpaired) electrons. The molecule has 0 aliphatic rings. The third kappa shape index (κ3) is 2.26. The molecule has 0 saturated carbocycles.